The highest BCUT2D eigenvalue weighted by Gasteiger charge is 2.50. The smallest absolute Gasteiger partial charge is 0.504 e. The molecule has 0 spiro atoms. The number of amides is 2. The summed E-state index contributed by atoms with van der Waals surface area (Å²) in [5.74, 6) is 1.90. The van der Waals surface area contributed by atoms with Crippen LogP contribution in [0.15, 0.2) is 103 Å². The van der Waals surface area contributed by atoms with Gasteiger partial charge in [0, 0.05) is 61.3 Å². The summed E-state index contributed by atoms with van der Waals surface area (Å²) in [4.78, 5) is 47.8. The van der Waals surface area contributed by atoms with Crippen molar-refractivity contribution in [1.82, 2.24) is 14.8 Å². The number of hydrogen-bond acceptors (Lipinski definition) is 7. The summed E-state index contributed by atoms with van der Waals surface area (Å²) in [6, 6.07) is 31.7. The van der Waals surface area contributed by atoms with Crippen molar-refractivity contribution in [1.29, 1.82) is 0 Å². The molecule has 3 aliphatic heterocycles. The summed E-state index contributed by atoms with van der Waals surface area (Å²) in [5, 5.41) is 0.729. The number of carbonyl (C=O) groups is 3. The third-order valence-electron chi connectivity index (χ3n) is 11.8. The van der Waals surface area contributed by atoms with Gasteiger partial charge in [0.1, 0.15) is 5.69 Å². The molecule has 2 amide bonds. The topological polar surface area (TPSA) is 144 Å². The minimum Gasteiger partial charge on any atom is -0.504 e. The second kappa shape index (κ2) is 15.9. The molecule has 1 atom stereocenters. The molecule has 3 fully saturated rings. The van der Waals surface area contributed by atoms with Crippen molar-refractivity contribution in [3.63, 3.8) is 0 Å². The first-order chi connectivity index (χ1) is 27.2. The van der Waals surface area contributed by atoms with Gasteiger partial charge in [-0.25, -0.2) is 0 Å². The number of aromatic nitrogens is 1. The Kier molecular flexibility index (Phi) is 10.7. The van der Waals surface area contributed by atoms with Gasteiger partial charge in [0.2, 0.25) is 0 Å². The van der Waals surface area contributed by atoms with Crippen molar-refractivity contribution < 1.29 is 23.7 Å². The molecular weight excluding hydrogens is 701 g/mol. The van der Waals surface area contributed by atoms with Gasteiger partial charge in [-0.05, 0) is 103 Å². The van der Waals surface area contributed by atoms with E-state index in [-0.39, 0.29) is 11.8 Å². The standard InChI is InChI=1S/C45H48BN5O5/c1-45(39-12-5-13-40-38(39)27-41(49-40)43(53)51-22-17-34(18-23-51)36-10-4-8-32(26-36)29-48)44(54)55-46(56-45)19-14-30-6-2-11-37(24-30)42(52)50-20-15-33(16-21-50)35-9-3-7-31(25-35)28-47/h2-14,19,24-27,33-34,49H,15-18,20-23,28-29,47-48H2,1H3/t45-/m0/s1. The summed E-state index contributed by atoms with van der Waals surface area (Å²) < 4.78 is 12.0. The largest absolute Gasteiger partial charge is 0.558 e. The van der Waals surface area contributed by atoms with E-state index < -0.39 is 18.7 Å². The molecule has 56 heavy (non-hydrogen) atoms. The number of H-pyrrole nitrogens is 1. The number of piperidine rings is 2. The van der Waals surface area contributed by atoms with E-state index in [1.54, 1.807) is 12.9 Å². The van der Waals surface area contributed by atoms with Crippen molar-refractivity contribution in [3.8, 4) is 0 Å². The number of benzene rings is 4. The highest BCUT2D eigenvalue weighted by atomic mass is 16.7. The zero-order valence-electron chi connectivity index (χ0n) is 31.8. The van der Waals surface area contributed by atoms with E-state index >= 15 is 0 Å². The Morgan fingerprint density at radius 2 is 1.38 bits per heavy atom. The Balaban J connectivity index is 0.906. The van der Waals surface area contributed by atoms with E-state index in [4.69, 9.17) is 20.8 Å². The average molecular weight is 750 g/mol. The maximum Gasteiger partial charge on any atom is 0.558 e. The molecule has 0 radical (unpaired) electrons. The third kappa shape index (κ3) is 7.54. The molecule has 5 N–H and O–H groups in total. The quantitative estimate of drug-likeness (QED) is 0.143. The second-order valence-corrected chi connectivity index (χ2v) is 15.4. The molecule has 1 aromatic heterocycles. The van der Waals surface area contributed by atoms with E-state index in [9.17, 15) is 14.4 Å². The van der Waals surface area contributed by atoms with Gasteiger partial charge in [0.25, 0.3) is 11.8 Å². The predicted octanol–water partition coefficient (Wildman–Crippen LogP) is 6.65. The van der Waals surface area contributed by atoms with Gasteiger partial charge in [-0.3, -0.25) is 14.4 Å². The summed E-state index contributed by atoms with van der Waals surface area (Å²) in [6.07, 6.45) is 5.37. The molecule has 3 saturated heterocycles. The van der Waals surface area contributed by atoms with Crippen LogP contribution in [0.1, 0.15) is 98.7 Å². The van der Waals surface area contributed by atoms with Crippen LogP contribution < -0.4 is 11.5 Å². The molecule has 0 saturated carbocycles. The summed E-state index contributed by atoms with van der Waals surface area (Å²) in [5.41, 5.74) is 18.4. The van der Waals surface area contributed by atoms with E-state index in [0.717, 1.165) is 53.3 Å². The Morgan fingerprint density at radius 1 is 0.786 bits per heavy atom. The number of rotatable bonds is 9. The van der Waals surface area contributed by atoms with Crippen LogP contribution in [0.25, 0.3) is 17.0 Å². The lowest BCUT2D eigenvalue weighted by Crippen LogP contribution is -2.38. The lowest BCUT2D eigenvalue weighted by molar-refractivity contribution is -0.142. The zero-order valence-corrected chi connectivity index (χ0v) is 31.8. The monoisotopic (exact) mass is 749 g/mol. The first-order valence-electron chi connectivity index (χ1n) is 19.7. The number of hydrogen-bond donors (Lipinski definition) is 3. The second-order valence-electron chi connectivity index (χ2n) is 15.4. The fraction of sp³-hybridized carbons (Fsp3) is 0.311. The summed E-state index contributed by atoms with van der Waals surface area (Å²) in [7, 11) is -0.939. The summed E-state index contributed by atoms with van der Waals surface area (Å²) >= 11 is 0. The van der Waals surface area contributed by atoms with Gasteiger partial charge >= 0.3 is 13.1 Å². The molecule has 3 aliphatic rings. The maximum atomic E-state index is 13.7. The fourth-order valence-corrected chi connectivity index (χ4v) is 8.56. The van der Waals surface area contributed by atoms with Crippen LogP contribution in [0.3, 0.4) is 0 Å². The van der Waals surface area contributed by atoms with Gasteiger partial charge in [0.05, 0.1) is 0 Å². The molecule has 286 valence electrons. The van der Waals surface area contributed by atoms with Crippen LogP contribution in [0, 0.1) is 0 Å². The Hall–Kier alpha value is -5.49. The molecule has 11 heteroatoms. The number of carbonyl (C=O) groups excluding carboxylic acids is 3. The van der Waals surface area contributed by atoms with E-state index in [2.05, 4.69) is 41.4 Å². The molecule has 8 rings (SSSR count). The number of likely N-dealkylation sites (tertiary alicyclic amines) is 2. The molecule has 10 nitrogen and oxygen atoms in total. The van der Waals surface area contributed by atoms with E-state index in [0.29, 0.717) is 67.9 Å². The van der Waals surface area contributed by atoms with Gasteiger partial charge in [-0.2, -0.15) is 0 Å². The van der Waals surface area contributed by atoms with Crippen molar-refractivity contribution in [2.45, 2.75) is 63.1 Å². The molecule has 4 heterocycles. The number of nitrogens with two attached hydrogens (primary N) is 2. The lowest BCUT2D eigenvalue weighted by Gasteiger charge is -2.32. The minimum atomic E-state index is -1.40. The SMILES string of the molecule is C[C@@]1(c2cccc3[nH]c(C(=O)N4CCC(c5cccc(CN)c5)CC4)cc23)OB(C=Cc2cccc(C(=O)N3CCC(c4cccc(CN)c4)CC3)c2)OC1=O. The van der Waals surface area contributed by atoms with Crippen molar-refractivity contribution in [2.24, 2.45) is 11.5 Å². The molecular formula is C45H48BN5O5. The first-order valence-corrected chi connectivity index (χ1v) is 19.7. The van der Waals surface area contributed by atoms with Crippen molar-refractivity contribution >= 4 is 41.9 Å². The number of nitrogens with one attached hydrogen (secondary N) is 1. The Morgan fingerprint density at radius 3 is 2.00 bits per heavy atom. The Bertz CT molecular complexity index is 2290. The molecule has 0 bridgehead atoms. The molecule has 5 aromatic rings. The minimum absolute atomic E-state index is 0.000988. The zero-order chi connectivity index (χ0) is 38.8. The maximum absolute atomic E-state index is 13.7. The molecule has 4 aromatic carbocycles. The Labute approximate surface area is 328 Å². The predicted molar refractivity (Wildman–Crippen MR) is 218 cm³/mol. The number of nitrogens with zero attached hydrogens (tertiary/aromatic N) is 2. The summed E-state index contributed by atoms with van der Waals surface area (Å²) in [6.45, 7) is 5.42. The van der Waals surface area contributed by atoms with Gasteiger partial charge in [-0.1, -0.05) is 78.9 Å². The lowest BCUT2D eigenvalue weighted by atomic mass is 9.87. The number of fused-ring (bicyclic) bond motifs is 1. The van der Waals surface area contributed by atoms with Crippen molar-refractivity contribution in [3.05, 3.63) is 148 Å². The van der Waals surface area contributed by atoms with E-state index in [1.807, 2.05) is 76.5 Å². The van der Waals surface area contributed by atoms with Crippen LogP contribution in [0.2, 0.25) is 0 Å². The van der Waals surface area contributed by atoms with Crippen LogP contribution in [0.4, 0.5) is 0 Å². The van der Waals surface area contributed by atoms with Crippen LogP contribution in [0.5, 0.6) is 0 Å². The van der Waals surface area contributed by atoms with E-state index in [1.165, 1.54) is 11.1 Å². The highest BCUT2D eigenvalue weighted by molar-refractivity contribution is 6.55. The number of aromatic amines is 1. The van der Waals surface area contributed by atoms with Crippen LogP contribution in [-0.4, -0.2) is 65.9 Å². The van der Waals surface area contributed by atoms with Gasteiger partial charge in [-0.15, -0.1) is 0 Å². The first kappa shape index (κ1) is 37.4. The normalized spacial score (nSPS) is 19.6. The average Bonchev–Trinajstić information content (AvgIpc) is 3.82. The van der Waals surface area contributed by atoms with Crippen molar-refractivity contribution in [2.75, 3.05) is 26.2 Å². The highest BCUT2D eigenvalue weighted by Crippen LogP contribution is 2.39. The molecule has 0 unspecified atom stereocenters. The van der Waals surface area contributed by atoms with Gasteiger partial charge < -0.3 is 35.6 Å². The fourth-order valence-electron chi connectivity index (χ4n) is 8.56. The third-order valence-corrected chi connectivity index (χ3v) is 11.8. The van der Waals surface area contributed by atoms with Gasteiger partial charge in [0.15, 0.2) is 5.60 Å². The van der Waals surface area contributed by atoms with Crippen LogP contribution >= 0.6 is 0 Å². The van der Waals surface area contributed by atoms with Crippen LogP contribution in [-0.2, 0) is 32.8 Å². The molecule has 0 aliphatic carbocycles.